The molecule has 1 aliphatic heterocycles. The summed E-state index contributed by atoms with van der Waals surface area (Å²) >= 11 is 0. The molecule has 1 aliphatic rings. The molecule has 0 spiro atoms. The molecule has 5 nitrogen and oxygen atoms in total. The van der Waals surface area contributed by atoms with Gasteiger partial charge in [0.05, 0.1) is 18.6 Å². The largest absolute Gasteiger partial charge is 0.377 e. The van der Waals surface area contributed by atoms with Crippen LogP contribution in [0.25, 0.3) is 0 Å². The molecule has 2 amide bonds. The highest BCUT2D eigenvalue weighted by Gasteiger charge is 2.44. The minimum atomic E-state index is -0.362. The Morgan fingerprint density at radius 1 is 1.26 bits per heavy atom. The first-order valence-electron chi connectivity index (χ1n) is 8.35. The van der Waals surface area contributed by atoms with Crippen molar-refractivity contribution >= 4 is 11.8 Å². The third-order valence-electron chi connectivity index (χ3n) is 4.56. The first kappa shape index (κ1) is 17.5. The van der Waals surface area contributed by atoms with Gasteiger partial charge in [0, 0.05) is 13.0 Å². The van der Waals surface area contributed by atoms with Crippen LogP contribution in [0.2, 0.25) is 0 Å². The lowest BCUT2D eigenvalue weighted by Crippen LogP contribution is -2.51. The number of carbonyl (C=O) groups is 2. The van der Waals surface area contributed by atoms with Crippen molar-refractivity contribution in [3.05, 3.63) is 35.9 Å². The molecule has 23 heavy (non-hydrogen) atoms. The fraction of sp³-hybridized carbons (Fsp3) is 0.556. The van der Waals surface area contributed by atoms with Crippen LogP contribution in [0.15, 0.2) is 30.3 Å². The number of amides is 2. The highest BCUT2D eigenvalue weighted by atomic mass is 16.5. The van der Waals surface area contributed by atoms with E-state index in [1.54, 1.807) is 5.01 Å². The van der Waals surface area contributed by atoms with Crippen LogP contribution < -0.4 is 5.43 Å². The van der Waals surface area contributed by atoms with Gasteiger partial charge < -0.3 is 4.74 Å². The van der Waals surface area contributed by atoms with Gasteiger partial charge in [-0.25, -0.2) is 5.01 Å². The monoisotopic (exact) mass is 318 g/mol. The van der Waals surface area contributed by atoms with Gasteiger partial charge >= 0.3 is 0 Å². The second kappa shape index (κ2) is 8.11. The van der Waals surface area contributed by atoms with Crippen LogP contribution in [-0.2, 0) is 20.9 Å². The summed E-state index contributed by atoms with van der Waals surface area (Å²) in [6.45, 7) is 5.14. The summed E-state index contributed by atoms with van der Waals surface area (Å²) in [5.74, 6) is -0.0924. The van der Waals surface area contributed by atoms with Gasteiger partial charge in [-0.1, -0.05) is 44.2 Å². The predicted octanol–water partition coefficient (Wildman–Crippen LogP) is 2.81. The normalized spacial score (nSPS) is 16.4. The SMILES string of the molecule is CCC1(CC)CC(=O)NN1C(=O)CCCOCc1ccccc1. The van der Waals surface area contributed by atoms with Crippen LogP contribution in [0.1, 0.15) is 51.5 Å². The van der Waals surface area contributed by atoms with E-state index in [0.29, 0.717) is 32.5 Å². The number of hydrogen-bond donors (Lipinski definition) is 1. The van der Waals surface area contributed by atoms with Crippen LogP contribution in [0, 0.1) is 0 Å². The van der Waals surface area contributed by atoms with E-state index in [-0.39, 0.29) is 17.4 Å². The van der Waals surface area contributed by atoms with Crippen LogP contribution in [0.4, 0.5) is 0 Å². The zero-order chi connectivity index (χ0) is 16.7. The van der Waals surface area contributed by atoms with Gasteiger partial charge in [-0.05, 0) is 24.8 Å². The van der Waals surface area contributed by atoms with Gasteiger partial charge in [0.1, 0.15) is 0 Å². The summed E-state index contributed by atoms with van der Waals surface area (Å²) in [4.78, 5) is 24.1. The highest BCUT2D eigenvalue weighted by molar-refractivity contribution is 5.87. The molecule has 1 N–H and O–H groups in total. The van der Waals surface area contributed by atoms with Crippen molar-refractivity contribution < 1.29 is 14.3 Å². The van der Waals surface area contributed by atoms with Crippen LogP contribution in [0.3, 0.4) is 0 Å². The molecule has 2 rings (SSSR count). The van der Waals surface area contributed by atoms with Gasteiger partial charge in [-0.15, -0.1) is 0 Å². The van der Waals surface area contributed by atoms with Crippen molar-refractivity contribution in [1.29, 1.82) is 0 Å². The second-order valence-electron chi connectivity index (χ2n) is 6.01. The molecular weight excluding hydrogens is 292 g/mol. The first-order valence-corrected chi connectivity index (χ1v) is 8.35. The second-order valence-corrected chi connectivity index (χ2v) is 6.01. The molecule has 0 radical (unpaired) electrons. The Labute approximate surface area is 138 Å². The molecule has 0 aliphatic carbocycles. The molecule has 0 saturated carbocycles. The fourth-order valence-electron chi connectivity index (χ4n) is 3.01. The first-order chi connectivity index (χ1) is 11.1. The fourth-order valence-corrected chi connectivity index (χ4v) is 3.01. The van der Waals surface area contributed by atoms with Crippen LogP contribution in [-0.4, -0.2) is 29.0 Å². The van der Waals surface area contributed by atoms with Gasteiger partial charge in [-0.3, -0.25) is 15.0 Å². The van der Waals surface area contributed by atoms with E-state index >= 15 is 0 Å². The summed E-state index contributed by atoms with van der Waals surface area (Å²) in [5, 5.41) is 1.56. The predicted molar refractivity (Wildman–Crippen MR) is 88.3 cm³/mol. The molecule has 126 valence electrons. The number of hydrogen-bond acceptors (Lipinski definition) is 3. The van der Waals surface area contributed by atoms with E-state index in [1.807, 2.05) is 44.2 Å². The number of hydrazine groups is 1. The number of ether oxygens (including phenoxy) is 1. The summed E-state index contributed by atoms with van der Waals surface area (Å²) in [6, 6.07) is 9.96. The van der Waals surface area contributed by atoms with E-state index in [4.69, 9.17) is 4.74 Å². The van der Waals surface area contributed by atoms with E-state index in [0.717, 1.165) is 18.4 Å². The molecule has 0 atom stereocenters. The third-order valence-corrected chi connectivity index (χ3v) is 4.56. The van der Waals surface area contributed by atoms with Gasteiger partial charge in [0.2, 0.25) is 11.8 Å². The number of nitrogens with one attached hydrogen (secondary N) is 1. The van der Waals surface area contributed by atoms with Crippen LogP contribution in [0.5, 0.6) is 0 Å². The Morgan fingerprint density at radius 3 is 2.61 bits per heavy atom. The van der Waals surface area contributed by atoms with Crippen molar-refractivity contribution in [2.45, 2.75) is 58.1 Å². The lowest BCUT2D eigenvalue weighted by atomic mass is 9.89. The average molecular weight is 318 g/mol. The van der Waals surface area contributed by atoms with Crippen molar-refractivity contribution in [2.24, 2.45) is 0 Å². The Kier molecular flexibility index (Phi) is 6.16. The summed E-state index contributed by atoms with van der Waals surface area (Å²) in [6.07, 6.45) is 2.99. The Hall–Kier alpha value is -1.88. The van der Waals surface area contributed by atoms with Gasteiger partial charge in [0.15, 0.2) is 0 Å². The van der Waals surface area contributed by atoms with E-state index in [1.165, 1.54) is 0 Å². The summed E-state index contributed by atoms with van der Waals surface area (Å²) in [7, 11) is 0. The lowest BCUT2D eigenvalue weighted by molar-refractivity contribution is -0.141. The number of rotatable bonds is 8. The molecular formula is C18H26N2O3. The lowest BCUT2D eigenvalue weighted by Gasteiger charge is -2.35. The molecule has 5 heteroatoms. The topological polar surface area (TPSA) is 58.6 Å². The molecule has 0 aromatic heterocycles. The van der Waals surface area contributed by atoms with Gasteiger partial charge in [0.25, 0.3) is 0 Å². The quantitative estimate of drug-likeness (QED) is 0.750. The van der Waals surface area contributed by atoms with E-state index in [9.17, 15) is 9.59 Å². The van der Waals surface area contributed by atoms with Crippen molar-refractivity contribution in [3.8, 4) is 0 Å². The molecule has 1 saturated heterocycles. The maximum atomic E-state index is 12.4. The van der Waals surface area contributed by atoms with Crippen LogP contribution >= 0.6 is 0 Å². The number of benzene rings is 1. The third kappa shape index (κ3) is 4.32. The van der Waals surface area contributed by atoms with Gasteiger partial charge in [-0.2, -0.15) is 0 Å². The molecule has 1 heterocycles. The smallest absolute Gasteiger partial charge is 0.241 e. The average Bonchev–Trinajstić information content (AvgIpc) is 2.92. The standard InChI is InChI=1S/C18H26N2O3/c1-3-18(4-2)13-16(21)19-20(18)17(22)11-8-12-23-14-15-9-6-5-7-10-15/h5-7,9-10H,3-4,8,11-14H2,1-2H3,(H,19,21). The maximum absolute atomic E-state index is 12.4. The van der Waals surface area contributed by atoms with Crippen molar-refractivity contribution in [1.82, 2.24) is 10.4 Å². The summed E-state index contributed by atoms with van der Waals surface area (Å²) in [5.41, 5.74) is 3.48. The Balaban J connectivity index is 1.75. The minimum absolute atomic E-state index is 0.0251. The maximum Gasteiger partial charge on any atom is 0.241 e. The molecule has 1 aromatic carbocycles. The van der Waals surface area contributed by atoms with E-state index in [2.05, 4.69) is 5.43 Å². The molecule has 1 aromatic rings. The highest BCUT2D eigenvalue weighted by Crippen LogP contribution is 2.31. The molecule has 1 fully saturated rings. The summed E-state index contributed by atoms with van der Waals surface area (Å²) < 4.78 is 5.60. The Bertz CT molecular complexity index is 526. The zero-order valence-electron chi connectivity index (χ0n) is 14.0. The number of carbonyl (C=O) groups excluding carboxylic acids is 2. The van der Waals surface area contributed by atoms with Crippen molar-refractivity contribution in [3.63, 3.8) is 0 Å². The Morgan fingerprint density at radius 2 is 1.96 bits per heavy atom. The van der Waals surface area contributed by atoms with E-state index < -0.39 is 0 Å². The molecule has 0 unspecified atom stereocenters. The van der Waals surface area contributed by atoms with Crippen molar-refractivity contribution in [2.75, 3.05) is 6.61 Å². The molecule has 0 bridgehead atoms. The minimum Gasteiger partial charge on any atom is -0.377 e. The number of nitrogens with zero attached hydrogens (tertiary/aromatic N) is 1. The zero-order valence-corrected chi connectivity index (χ0v) is 14.0.